The summed E-state index contributed by atoms with van der Waals surface area (Å²) in [6, 6.07) is 9.87. The molecule has 2 unspecified atom stereocenters. The van der Waals surface area contributed by atoms with Gasteiger partial charge in [-0.2, -0.15) is 0 Å². The minimum absolute atomic E-state index is 0.0547. The summed E-state index contributed by atoms with van der Waals surface area (Å²) >= 11 is 0. The zero-order valence-electron chi connectivity index (χ0n) is 13.1. The standard InChI is InChI=1S/C16H25N3O2/c1-17(2)10-14-9-15(20)11-19(14)12-16(21)18(3)13-7-5-4-6-8-13/h4-8,14-15,20H,9-12H2,1-3H3. The highest BCUT2D eigenvalue weighted by molar-refractivity contribution is 5.94. The maximum atomic E-state index is 12.4. The van der Waals surface area contributed by atoms with Gasteiger partial charge in [-0.15, -0.1) is 0 Å². The van der Waals surface area contributed by atoms with Crippen molar-refractivity contribution in [2.45, 2.75) is 18.6 Å². The second-order valence-electron chi connectivity index (χ2n) is 6.02. The number of anilines is 1. The number of amides is 1. The monoisotopic (exact) mass is 291 g/mol. The van der Waals surface area contributed by atoms with E-state index in [1.165, 1.54) is 0 Å². The van der Waals surface area contributed by atoms with E-state index in [-0.39, 0.29) is 18.1 Å². The van der Waals surface area contributed by atoms with E-state index in [9.17, 15) is 9.90 Å². The molecule has 1 fully saturated rings. The Hall–Kier alpha value is -1.43. The number of aliphatic hydroxyl groups is 1. The van der Waals surface area contributed by atoms with Crippen molar-refractivity contribution < 1.29 is 9.90 Å². The van der Waals surface area contributed by atoms with Gasteiger partial charge in [-0.3, -0.25) is 9.69 Å². The molecule has 1 aromatic rings. The van der Waals surface area contributed by atoms with Gasteiger partial charge in [0.05, 0.1) is 12.6 Å². The molecule has 0 bridgehead atoms. The first-order chi connectivity index (χ1) is 9.97. The van der Waals surface area contributed by atoms with E-state index in [1.807, 2.05) is 44.4 Å². The lowest BCUT2D eigenvalue weighted by Gasteiger charge is -2.28. The molecule has 0 aromatic heterocycles. The first-order valence-corrected chi connectivity index (χ1v) is 7.36. The second-order valence-corrected chi connectivity index (χ2v) is 6.02. The number of carbonyl (C=O) groups excluding carboxylic acids is 1. The van der Waals surface area contributed by atoms with Crippen molar-refractivity contribution in [2.75, 3.05) is 45.7 Å². The van der Waals surface area contributed by atoms with Gasteiger partial charge in [0.15, 0.2) is 0 Å². The molecule has 1 N–H and O–H groups in total. The van der Waals surface area contributed by atoms with Crippen LogP contribution in [0.4, 0.5) is 5.69 Å². The van der Waals surface area contributed by atoms with E-state index >= 15 is 0 Å². The Morgan fingerprint density at radius 3 is 2.57 bits per heavy atom. The third-order valence-corrected chi connectivity index (χ3v) is 3.94. The van der Waals surface area contributed by atoms with E-state index in [2.05, 4.69) is 9.80 Å². The number of likely N-dealkylation sites (N-methyl/N-ethyl adjacent to an activating group) is 2. The van der Waals surface area contributed by atoms with Crippen molar-refractivity contribution in [3.63, 3.8) is 0 Å². The van der Waals surface area contributed by atoms with Gasteiger partial charge in [-0.1, -0.05) is 18.2 Å². The highest BCUT2D eigenvalue weighted by Crippen LogP contribution is 2.19. The zero-order chi connectivity index (χ0) is 15.4. The smallest absolute Gasteiger partial charge is 0.240 e. The molecule has 2 atom stereocenters. The Bertz CT molecular complexity index is 464. The number of hydrogen-bond acceptors (Lipinski definition) is 4. The molecule has 0 spiro atoms. The fourth-order valence-corrected chi connectivity index (χ4v) is 2.84. The Labute approximate surface area is 126 Å². The van der Waals surface area contributed by atoms with Crippen LogP contribution in [0.15, 0.2) is 30.3 Å². The normalized spacial score (nSPS) is 22.7. The summed E-state index contributed by atoms with van der Waals surface area (Å²) in [5.41, 5.74) is 0.895. The van der Waals surface area contributed by atoms with Crippen LogP contribution in [-0.4, -0.2) is 73.7 Å². The number of β-amino-alcohol motifs (C(OH)–C–C–N with tert-alkyl or cyclic N) is 1. The van der Waals surface area contributed by atoms with Crippen LogP contribution in [0.2, 0.25) is 0 Å². The van der Waals surface area contributed by atoms with Crippen LogP contribution in [-0.2, 0) is 4.79 Å². The number of carbonyl (C=O) groups is 1. The lowest BCUT2D eigenvalue weighted by Crippen LogP contribution is -2.44. The number of aliphatic hydroxyl groups excluding tert-OH is 1. The topological polar surface area (TPSA) is 47.0 Å². The molecule has 1 heterocycles. The van der Waals surface area contributed by atoms with Crippen molar-refractivity contribution in [1.29, 1.82) is 0 Å². The minimum atomic E-state index is -0.329. The van der Waals surface area contributed by atoms with Gasteiger partial charge in [-0.25, -0.2) is 0 Å². The molecule has 1 saturated heterocycles. The average Bonchev–Trinajstić information content (AvgIpc) is 2.77. The van der Waals surface area contributed by atoms with Gasteiger partial charge in [0.1, 0.15) is 0 Å². The molecule has 1 aliphatic rings. The van der Waals surface area contributed by atoms with Crippen LogP contribution in [0, 0.1) is 0 Å². The quantitative estimate of drug-likeness (QED) is 0.865. The molecule has 0 radical (unpaired) electrons. The number of benzene rings is 1. The van der Waals surface area contributed by atoms with Crippen molar-refractivity contribution in [3.8, 4) is 0 Å². The van der Waals surface area contributed by atoms with Crippen molar-refractivity contribution >= 4 is 11.6 Å². The summed E-state index contributed by atoms with van der Waals surface area (Å²) in [6.45, 7) is 1.78. The fraction of sp³-hybridized carbons (Fsp3) is 0.562. The molecule has 21 heavy (non-hydrogen) atoms. The van der Waals surface area contributed by atoms with Crippen LogP contribution in [0.25, 0.3) is 0 Å². The van der Waals surface area contributed by atoms with E-state index in [0.717, 1.165) is 18.7 Å². The molecular weight excluding hydrogens is 266 g/mol. The summed E-state index contributed by atoms with van der Waals surface area (Å²) in [6.07, 6.45) is 0.408. The summed E-state index contributed by atoms with van der Waals surface area (Å²) < 4.78 is 0. The molecule has 5 heteroatoms. The summed E-state index contributed by atoms with van der Waals surface area (Å²) in [7, 11) is 5.83. The maximum absolute atomic E-state index is 12.4. The van der Waals surface area contributed by atoms with Crippen molar-refractivity contribution in [2.24, 2.45) is 0 Å². The highest BCUT2D eigenvalue weighted by Gasteiger charge is 2.32. The molecule has 1 amide bonds. The zero-order valence-corrected chi connectivity index (χ0v) is 13.1. The predicted octanol–water partition coefficient (Wildman–Crippen LogP) is 0.646. The van der Waals surface area contributed by atoms with Crippen molar-refractivity contribution in [1.82, 2.24) is 9.80 Å². The van der Waals surface area contributed by atoms with Gasteiger partial charge >= 0.3 is 0 Å². The molecule has 5 nitrogen and oxygen atoms in total. The molecular formula is C16H25N3O2. The largest absolute Gasteiger partial charge is 0.392 e. The van der Waals surface area contributed by atoms with E-state index in [1.54, 1.807) is 11.9 Å². The predicted molar refractivity (Wildman–Crippen MR) is 84.4 cm³/mol. The summed E-state index contributed by atoms with van der Waals surface area (Å²) in [4.78, 5) is 18.3. The molecule has 1 aromatic carbocycles. The first-order valence-electron chi connectivity index (χ1n) is 7.36. The van der Waals surface area contributed by atoms with Crippen LogP contribution >= 0.6 is 0 Å². The number of likely N-dealkylation sites (tertiary alicyclic amines) is 1. The average molecular weight is 291 g/mol. The van der Waals surface area contributed by atoms with Gasteiger partial charge in [-0.05, 0) is 32.6 Å². The molecule has 2 rings (SSSR count). The van der Waals surface area contributed by atoms with Crippen LogP contribution in [0.3, 0.4) is 0 Å². The molecule has 116 valence electrons. The Morgan fingerprint density at radius 2 is 1.95 bits per heavy atom. The van der Waals surface area contributed by atoms with Gasteiger partial charge in [0, 0.05) is 31.9 Å². The van der Waals surface area contributed by atoms with Crippen molar-refractivity contribution in [3.05, 3.63) is 30.3 Å². The maximum Gasteiger partial charge on any atom is 0.240 e. The SMILES string of the molecule is CN(C)CC1CC(O)CN1CC(=O)N(C)c1ccccc1. The Balaban J connectivity index is 1.97. The number of nitrogens with zero attached hydrogens (tertiary/aromatic N) is 3. The van der Waals surface area contributed by atoms with Crippen LogP contribution in [0.1, 0.15) is 6.42 Å². The summed E-state index contributed by atoms with van der Waals surface area (Å²) in [5, 5.41) is 9.87. The van der Waals surface area contributed by atoms with E-state index < -0.39 is 0 Å². The van der Waals surface area contributed by atoms with Crippen LogP contribution in [0.5, 0.6) is 0 Å². The highest BCUT2D eigenvalue weighted by atomic mass is 16.3. The molecule has 0 aliphatic carbocycles. The number of para-hydroxylation sites is 1. The number of rotatable bonds is 5. The van der Waals surface area contributed by atoms with Crippen LogP contribution < -0.4 is 4.90 Å². The van der Waals surface area contributed by atoms with Gasteiger partial charge in [0.2, 0.25) is 5.91 Å². The van der Waals surface area contributed by atoms with E-state index in [4.69, 9.17) is 0 Å². The first kappa shape index (κ1) is 15.9. The van der Waals surface area contributed by atoms with Gasteiger partial charge < -0.3 is 14.9 Å². The third-order valence-electron chi connectivity index (χ3n) is 3.94. The molecule has 0 saturated carbocycles. The Morgan fingerprint density at radius 1 is 1.29 bits per heavy atom. The second kappa shape index (κ2) is 7.02. The Kier molecular flexibility index (Phi) is 5.33. The van der Waals surface area contributed by atoms with E-state index in [0.29, 0.717) is 13.1 Å². The summed E-state index contributed by atoms with van der Waals surface area (Å²) in [5.74, 6) is 0.0547. The fourth-order valence-electron chi connectivity index (χ4n) is 2.84. The lowest BCUT2D eigenvalue weighted by molar-refractivity contribution is -0.119. The third kappa shape index (κ3) is 4.27. The molecule has 1 aliphatic heterocycles. The lowest BCUT2D eigenvalue weighted by atomic mass is 10.2. The van der Waals surface area contributed by atoms with Gasteiger partial charge in [0.25, 0.3) is 0 Å². The minimum Gasteiger partial charge on any atom is -0.392 e. The number of hydrogen-bond donors (Lipinski definition) is 1.